The van der Waals surface area contributed by atoms with E-state index >= 15 is 0 Å². The Balaban J connectivity index is 4.44. The first-order valence-electron chi connectivity index (χ1n) is 7.55. The molecule has 0 bridgehead atoms. The van der Waals surface area contributed by atoms with Gasteiger partial charge in [0.1, 0.15) is 0 Å². The number of nitrogens with two attached hydrogens (primary N) is 1. The Morgan fingerprint density at radius 1 is 1.00 bits per heavy atom. The van der Waals surface area contributed by atoms with Crippen LogP contribution in [0.1, 0.15) is 46.5 Å². The Morgan fingerprint density at radius 3 is 1.80 bits per heavy atom. The van der Waals surface area contributed by atoms with Crippen molar-refractivity contribution in [3.05, 3.63) is 0 Å². The van der Waals surface area contributed by atoms with Crippen LogP contribution in [0.5, 0.6) is 0 Å². The second-order valence-corrected chi connectivity index (χ2v) is 7.36. The molecule has 20 heavy (non-hydrogen) atoms. The molecule has 0 aromatic carbocycles. The van der Waals surface area contributed by atoms with Crippen LogP contribution in [0.3, 0.4) is 0 Å². The van der Waals surface area contributed by atoms with E-state index in [-0.39, 0.29) is 0 Å². The molecule has 0 atom stereocenters. The molecule has 7 heteroatoms. The molecule has 0 aliphatic carbocycles. The van der Waals surface area contributed by atoms with Crippen LogP contribution < -0.4 is 11.1 Å². The quantitative estimate of drug-likeness (QED) is 0.404. The fourth-order valence-electron chi connectivity index (χ4n) is 1.63. The van der Waals surface area contributed by atoms with E-state index in [0.29, 0.717) is 32.4 Å². The van der Waals surface area contributed by atoms with Crippen molar-refractivity contribution in [1.82, 2.24) is 5.32 Å². The van der Waals surface area contributed by atoms with E-state index in [1.165, 1.54) is 0 Å². The molecule has 2 amide bonds. The molecule has 0 fully saturated rings. The highest BCUT2D eigenvalue weighted by Crippen LogP contribution is 2.19. The van der Waals surface area contributed by atoms with Crippen LogP contribution in [-0.2, 0) is 13.3 Å². The van der Waals surface area contributed by atoms with Gasteiger partial charge in [-0.2, -0.15) is 0 Å². The second kappa shape index (κ2) is 12.1. The Hall–Kier alpha value is -0.633. The van der Waals surface area contributed by atoms with Gasteiger partial charge in [0.05, 0.1) is 0 Å². The lowest BCUT2D eigenvalue weighted by Crippen LogP contribution is -2.47. The molecule has 0 heterocycles. The molecule has 3 N–H and O–H groups in total. The van der Waals surface area contributed by atoms with E-state index < -0.39 is 14.8 Å². The monoisotopic (exact) mass is 306 g/mol. The Bertz CT molecular complexity index is 233. The largest absolute Gasteiger partial charge is 0.501 e. The summed E-state index contributed by atoms with van der Waals surface area (Å²) in [5, 5.41) is 2.58. The SMILES string of the molecule is CCCO[Si](CCCNC(N)=O)(OCCC)OCCC. The molecule has 0 saturated heterocycles. The smallest absolute Gasteiger partial charge is 0.373 e. The average molecular weight is 306 g/mol. The summed E-state index contributed by atoms with van der Waals surface area (Å²) in [6, 6.07) is 0.198. The standard InChI is InChI=1S/C13H30N2O4Si/c1-4-9-17-20(18-10-5-2,19-11-6-3)12-7-8-15-13(14)16/h4-12H2,1-3H3,(H3,14,15,16). The summed E-state index contributed by atoms with van der Waals surface area (Å²) in [6.07, 6.45) is 3.53. The molecule has 0 radical (unpaired) electrons. The molecule has 0 aromatic rings. The number of amides is 2. The van der Waals surface area contributed by atoms with Gasteiger partial charge in [-0.05, 0) is 25.7 Å². The predicted octanol–water partition coefficient (Wildman–Crippen LogP) is 2.26. The van der Waals surface area contributed by atoms with Crippen molar-refractivity contribution in [3.63, 3.8) is 0 Å². The third-order valence-corrected chi connectivity index (χ3v) is 5.44. The summed E-state index contributed by atoms with van der Waals surface area (Å²) >= 11 is 0. The van der Waals surface area contributed by atoms with Crippen LogP contribution in [-0.4, -0.2) is 41.2 Å². The lowest BCUT2D eigenvalue weighted by Gasteiger charge is -2.29. The van der Waals surface area contributed by atoms with Crippen LogP contribution >= 0.6 is 0 Å². The van der Waals surface area contributed by atoms with Crippen LogP contribution in [0, 0.1) is 0 Å². The Labute approximate surface area is 123 Å². The van der Waals surface area contributed by atoms with E-state index in [1.54, 1.807) is 0 Å². The number of hydrogen-bond acceptors (Lipinski definition) is 4. The minimum Gasteiger partial charge on any atom is -0.373 e. The van der Waals surface area contributed by atoms with Crippen molar-refractivity contribution < 1.29 is 18.1 Å². The van der Waals surface area contributed by atoms with Gasteiger partial charge in [0.15, 0.2) is 0 Å². The van der Waals surface area contributed by atoms with Gasteiger partial charge in [-0.25, -0.2) is 4.79 Å². The first kappa shape index (κ1) is 19.4. The fraction of sp³-hybridized carbons (Fsp3) is 0.923. The van der Waals surface area contributed by atoms with Gasteiger partial charge >= 0.3 is 14.8 Å². The van der Waals surface area contributed by atoms with Gasteiger partial charge in [0.2, 0.25) is 0 Å². The third-order valence-electron chi connectivity index (χ3n) is 2.54. The predicted molar refractivity (Wildman–Crippen MR) is 81.5 cm³/mol. The number of hydrogen-bond donors (Lipinski definition) is 2. The summed E-state index contributed by atoms with van der Waals surface area (Å²) in [5.74, 6) is 0. The number of carbonyl (C=O) groups is 1. The molecule has 0 aliphatic heterocycles. The van der Waals surface area contributed by atoms with Crippen molar-refractivity contribution in [2.45, 2.75) is 52.5 Å². The summed E-state index contributed by atoms with van der Waals surface area (Å²) in [7, 11) is -2.62. The Kier molecular flexibility index (Phi) is 11.7. The van der Waals surface area contributed by atoms with Gasteiger partial charge in [-0.15, -0.1) is 0 Å². The van der Waals surface area contributed by atoms with Gasteiger partial charge in [0, 0.05) is 32.4 Å². The molecule has 0 saturated carbocycles. The van der Waals surface area contributed by atoms with Crippen molar-refractivity contribution >= 4 is 14.8 Å². The number of primary amides is 1. The van der Waals surface area contributed by atoms with Crippen molar-refractivity contribution in [2.75, 3.05) is 26.4 Å². The van der Waals surface area contributed by atoms with E-state index in [0.717, 1.165) is 25.7 Å². The molecule has 0 unspecified atom stereocenters. The molecular formula is C13H30N2O4Si. The lowest BCUT2D eigenvalue weighted by atomic mass is 10.5. The minimum absolute atomic E-state index is 0.504. The molecule has 6 nitrogen and oxygen atoms in total. The highest BCUT2D eigenvalue weighted by molar-refractivity contribution is 6.60. The topological polar surface area (TPSA) is 82.8 Å². The van der Waals surface area contributed by atoms with Crippen LogP contribution in [0.4, 0.5) is 4.79 Å². The maximum absolute atomic E-state index is 10.7. The lowest BCUT2D eigenvalue weighted by molar-refractivity contribution is 0.0588. The fourth-order valence-corrected chi connectivity index (χ4v) is 4.47. The van der Waals surface area contributed by atoms with E-state index in [1.807, 2.05) is 0 Å². The van der Waals surface area contributed by atoms with Crippen molar-refractivity contribution in [3.8, 4) is 0 Å². The Morgan fingerprint density at radius 2 is 1.45 bits per heavy atom. The molecule has 0 aromatic heterocycles. The molecule has 0 spiro atoms. The van der Waals surface area contributed by atoms with Crippen molar-refractivity contribution in [1.29, 1.82) is 0 Å². The second-order valence-electron chi connectivity index (χ2n) is 4.62. The molecule has 0 rings (SSSR count). The normalized spacial score (nSPS) is 11.6. The van der Waals surface area contributed by atoms with Crippen LogP contribution in [0.2, 0.25) is 6.04 Å². The number of rotatable bonds is 13. The highest BCUT2D eigenvalue weighted by Gasteiger charge is 2.40. The number of nitrogens with one attached hydrogen (secondary N) is 1. The maximum Gasteiger partial charge on any atom is 0.501 e. The van der Waals surface area contributed by atoms with E-state index in [2.05, 4.69) is 26.1 Å². The van der Waals surface area contributed by atoms with Crippen LogP contribution in [0.15, 0.2) is 0 Å². The van der Waals surface area contributed by atoms with Crippen LogP contribution in [0.25, 0.3) is 0 Å². The van der Waals surface area contributed by atoms with Gasteiger partial charge in [0.25, 0.3) is 0 Å². The number of urea groups is 1. The molecule has 0 aliphatic rings. The van der Waals surface area contributed by atoms with E-state index in [4.69, 9.17) is 19.0 Å². The maximum atomic E-state index is 10.7. The summed E-state index contributed by atoms with van der Waals surface area (Å²) in [5.41, 5.74) is 5.05. The minimum atomic E-state index is -2.62. The summed E-state index contributed by atoms with van der Waals surface area (Å²) in [6.45, 7) is 8.63. The highest BCUT2D eigenvalue weighted by atomic mass is 28.4. The third kappa shape index (κ3) is 9.30. The van der Waals surface area contributed by atoms with Gasteiger partial charge in [-0.1, -0.05) is 20.8 Å². The van der Waals surface area contributed by atoms with Gasteiger partial charge in [-0.3, -0.25) is 0 Å². The zero-order valence-corrected chi connectivity index (χ0v) is 14.1. The zero-order valence-electron chi connectivity index (χ0n) is 13.1. The summed E-state index contributed by atoms with van der Waals surface area (Å²) < 4.78 is 17.8. The molecule has 120 valence electrons. The van der Waals surface area contributed by atoms with Gasteiger partial charge < -0.3 is 24.3 Å². The van der Waals surface area contributed by atoms with Crippen molar-refractivity contribution in [2.24, 2.45) is 5.73 Å². The number of carbonyl (C=O) groups excluding carboxylic acids is 1. The summed E-state index contributed by atoms with van der Waals surface area (Å²) in [4.78, 5) is 10.7. The first-order chi connectivity index (χ1) is 9.60. The first-order valence-corrected chi connectivity index (χ1v) is 9.48. The average Bonchev–Trinajstić information content (AvgIpc) is 2.44. The zero-order chi connectivity index (χ0) is 15.3. The van der Waals surface area contributed by atoms with E-state index in [9.17, 15) is 4.79 Å². The molecular weight excluding hydrogens is 276 g/mol.